The number of carbonyl (C=O) groups is 1. The summed E-state index contributed by atoms with van der Waals surface area (Å²) in [5, 5.41) is 3.35. The van der Waals surface area contributed by atoms with Crippen molar-refractivity contribution in [3.05, 3.63) is 71.7 Å². The van der Waals surface area contributed by atoms with E-state index < -0.39 is 33.4 Å². The summed E-state index contributed by atoms with van der Waals surface area (Å²) in [6, 6.07) is 10.9. The lowest BCUT2D eigenvalue weighted by Crippen LogP contribution is -2.04. The van der Waals surface area contributed by atoms with Crippen molar-refractivity contribution in [2.24, 2.45) is 4.36 Å². The van der Waals surface area contributed by atoms with E-state index >= 15 is 0 Å². The number of carbonyl (C=O) groups excluding carboxylic acids is 1. The molecule has 0 saturated carbocycles. The van der Waals surface area contributed by atoms with Crippen LogP contribution in [-0.2, 0) is 15.9 Å². The van der Waals surface area contributed by atoms with E-state index in [0.717, 1.165) is 18.2 Å². The first kappa shape index (κ1) is 19.7. The normalized spacial score (nSPS) is 13.8. The van der Waals surface area contributed by atoms with Crippen LogP contribution in [0, 0.1) is 5.82 Å². The van der Waals surface area contributed by atoms with Crippen LogP contribution in [0.1, 0.15) is 16.1 Å². The highest BCUT2D eigenvalue weighted by atomic mass is 32.2. The minimum absolute atomic E-state index is 0.0473. The van der Waals surface area contributed by atoms with Crippen LogP contribution in [0.15, 0.2) is 68.4 Å². The topological polar surface area (TPSA) is 72.5 Å². The molecule has 0 N–H and O–H groups in total. The first-order valence-electron chi connectivity index (χ1n) is 7.73. The molecule has 1 unspecified atom stereocenters. The molecule has 0 spiro atoms. The number of amides is 1. The van der Waals surface area contributed by atoms with Gasteiger partial charge in [0.15, 0.2) is 0 Å². The Hall–Kier alpha value is -3.01. The molecule has 146 valence electrons. The average molecular weight is 412 g/mol. The Morgan fingerprint density at radius 1 is 1.07 bits per heavy atom. The number of benzene rings is 2. The summed E-state index contributed by atoms with van der Waals surface area (Å²) in [4.78, 5) is 12.5. The standard InChI is InChI=1S/C18H12F4N2O3S/c1-28(26,14-8-6-13(19)7-9-14)24-17(25)12-4-2-11(3-5-12)15-10-16(27-23-15)18(20,21)22/h2-10H,1H3. The van der Waals surface area contributed by atoms with Gasteiger partial charge in [-0.3, -0.25) is 4.79 Å². The van der Waals surface area contributed by atoms with Gasteiger partial charge in [0.05, 0.1) is 9.73 Å². The minimum Gasteiger partial charge on any atom is -0.351 e. The molecule has 2 aromatic carbocycles. The lowest BCUT2D eigenvalue weighted by Gasteiger charge is -2.04. The smallest absolute Gasteiger partial charge is 0.351 e. The predicted octanol–water partition coefficient (Wildman–Crippen LogP) is 4.80. The molecule has 1 atom stereocenters. The van der Waals surface area contributed by atoms with Crippen molar-refractivity contribution in [2.45, 2.75) is 11.1 Å². The van der Waals surface area contributed by atoms with Crippen LogP contribution in [0.25, 0.3) is 11.3 Å². The van der Waals surface area contributed by atoms with E-state index in [1.165, 1.54) is 42.7 Å². The van der Waals surface area contributed by atoms with Gasteiger partial charge in [-0.1, -0.05) is 17.3 Å². The molecule has 1 aromatic heterocycles. The second-order valence-electron chi connectivity index (χ2n) is 5.80. The summed E-state index contributed by atoms with van der Waals surface area (Å²) >= 11 is 0. The Morgan fingerprint density at radius 2 is 1.68 bits per heavy atom. The predicted molar refractivity (Wildman–Crippen MR) is 92.4 cm³/mol. The molecule has 0 aliphatic carbocycles. The van der Waals surface area contributed by atoms with Gasteiger partial charge in [-0.25, -0.2) is 8.60 Å². The zero-order valence-electron chi connectivity index (χ0n) is 14.2. The highest BCUT2D eigenvalue weighted by Crippen LogP contribution is 2.32. The molecule has 0 aliphatic heterocycles. The molecule has 3 rings (SSSR count). The highest BCUT2D eigenvalue weighted by molar-refractivity contribution is 7.93. The van der Waals surface area contributed by atoms with Gasteiger partial charge in [0, 0.05) is 28.3 Å². The summed E-state index contributed by atoms with van der Waals surface area (Å²) < 4.78 is 71.3. The van der Waals surface area contributed by atoms with E-state index in [1.807, 2.05) is 0 Å². The van der Waals surface area contributed by atoms with Gasteiger partial charge in [0.2, 0.25) is 5.76 Å². The van der Waals surface area contributed by atoms with E-state index in [1.54, 1.807) is 0 Å². The molecule has 0 fully saturated rings. The molecular formula is C18H12F4N2O3S. The Kier molecular flexibility index (Phi) is 5.07. The summed E-state index contributed by atoms with van der Waals surface area (Å²) in [5.74, 6) is -2.52. The lowest BCUT2D eigenvalue weighted by molar-refractivity contribution is -0.155. The second kappa shape index (κ2) is 7.19. The van der Waals surface area contributed by atoms with Crippen LogP contribution in [-0.4, -0.2) is 21.5 Å². The zero-order chi connectivity index (χ0) is 20.5. The maximum absolute atomic E-state index is 13.0. The molecular weight excluding hydrogens is 400 g/mol. The van der Waals surface area contributed by atoms with E-state index in [9.17, 15) is 26.6 Å². The van der Waals surface area contributed by atoms with Gasteiger partial charge in [-0.2, -0.15) is 17.5 Å². The molecule has 3 aromatic rings. The number of hydrogen-bond acceptors (Lipinski definition) is 4. The van der Waals surface area contributed by atoms with Crippen molar-refractivity contribution in [3.8, 4) is 11.3 Å². The summed E-state index contributed by atoms with van der Waals surface area (Å²) in [6.07, 6.45) is -3.40. The van der Waals surface area contributed by atoms with Gasteiger partial charge >= 0.3 is 6.18 Å². The fraction of sp³-hybridized carbons (Fsp3) is 0.111. The monoisotopic (exact) mass is 412 g/mol. The number of halogens is 4. The SMILES string of the molecule is CS(=O)(=NC(=O)c1ccc(-c2cc(C(F)(F)F)on2)cc1)c1ccc(F)cc1. The molecule has 0 radical (unpaired) electrons. The third-order valence-electron chi connectivity index (χ3n) is 3.73. The highest BCUT2D eigenvalue weighted by Gasteiger charge is 2.36. The summed E-state index contributed by atoms with van der Waals surface area (Å²) in [7, 11) is -3.09. The number of alkyl halides is 3. The van der Waals surface area contributed by atoms with Crippen LogP contribution in [0.4, 0.5) is 17.6 Å². The van der Waals surface area contributed by atoms with Crippen LogP contribution < -0.4 is 0 Å². The minimum atomic E-state index is -4.65. The molecule has 0 saturated heterocycles. The summed E-state index contributed by atoms with van der Waals surface area (Å²) in [5.41, 5.74) is 0.334. The number of hydrogen-bond donors (Lipinski definition) is 0. The van der Waals surface area contributed by atoms with E-state index in [2.05, 4.69) is 14.0 Å². The van der Waals surface area contributed by atoms with Crippen molar-refractivity contribution in [3.63, 3.8) is 0 Å². The molecule has 0 aliphatic rings. The van der Waals surface area contributed by atoms with E-state index in [0.29, 0.717) is 5.56 Å². The summed E-state index contributed by atoms with van der Waals surface area (Å²) in [6.45, 7) is 0. The van der Waals surface area contributed by atoms with Gasteiger partial charge in [-0.05, 0) is 36.4 Å². The third-order valence-corrected chi connectivity index (χ3v) is 5.39. The first-order chi connectivity index (χ1) is 13.1. The number of nitrogens with zero attached hydrogens (tertiary/aromatic N) is 2. The maximum atomic E-state index is 13.0. The van der Waals surface area contributed by atoms with Crippen molar-refractivity contribution in [1.29, 1.82) is 0 Å². The van der Waals surface area contributed by atoms with Crippen LogP contribution in [0.3, 0.4) is 0 Å². The van der Waals surface area contributed by atoms with E-state index in [-0.39, 0.29) is 16.2 Å². The second-order valence-corrected chi connectivity index (χ2v) is 8.06. The fourth-order valence-electron chi connectivity index (χ4n) is 2.28. The lowest BCUT2D eigenvalue weighted by atomic mass is 10.1. The molecule has 1 heterocycles. The van der Waals surface area contributed by atoms with Crippen molar-refractivity contribution in [2.75, 3.05) is 6.26 Å². The molecule has 1 amide bonds. The number of rotatable bonds is 3. The Balaban J connectivity index is 1.85. The molecule has 5 nitrogen and oxygen atoms in total. The maximum Gasteiger partial charge on any atom is 0.452 e. The van der Waals surface area contributed by atoms with Gasteiger partial charge in [-0.15, -0.1) is 0 Å². The Labute approximate surface area is 157 Å². The van der Waals surface area contributed by atoms with Crippen LogP contribution in [0.5, 0.6) is 0 Å². The van der Waals surface area contributed by atoms with Crippen molar-refractivity contribution in [1.82, 2.24) is 5.16 Å². The van der Waals surface area contributed by atoms with Crippen molar-refractivity contribution >= 4 is 15.6 Å². The number of aromatic nitrogens is 1. The third kappa shape index (κ3) is 4.28. The largest absolute Gasteiger partial charge is 0.452 e. The average Bonchev–Trinajstić information content (AvgIpc) is 3.12. The Bertz CT molecular complexity index is 1130. The molecule has 0 bridgehead atoms. The Morgan fingerprint density at radius 3 is 2.21 bits per heavy atom. The quantitative estimate of drug-likeness (QED) is 0.580. The first-order valence-corrected chi connectivity index (χ1v) is 9.65. The van der Waals surface area contributed by atoms with Crippen LogP contribution >= 0.6 is 0 Å². The molecule has 10 heteroatoms. The fourth-order valence-corrected chi connectivity index (χ4v) is 3.45. The van der Waals surface area contributed by atoms with Gasteiger partial charge in [0.25, 0.3) is 5.91 Å². The van der Waals surface area contributed by atoms with E-state index in [4.69, 9.17) is 0 Å². The van der Waals surface area contributed by atoms with Crippen LogP contribution in [0.2, 0.25) is 0 Å². The molecule has 28 heavy (non-hydrogen) atoms. The zero-order valence-corrected chi connectivity index (χ0v) is 15.1. The van der Waals surface area contributed by atoms with Gasteiger partial charge < -0.3 is 4.52 Å². The van der Waals surface area contributed by atoms with Gasteiger partial charge in [0.1, 0.15) is 11.5 Å². The van der Waals surface area contributed by atoms with Crippen molar-refractivity contribution < 1.29 is 31.1 Å².